The number of nitrogens with one attached hydrogen (secondary N) is 2. The quantitative estimate of drug-likeness (QED) is 0.0267. The molecule has 0 aliphatic heterocycles. The van der Waals surface area contributed by atoms with Gasteiger partial charge >= 0.3 is 13.8 Å². The second-order valence-corrected chi connectivity index (χ2v) is 22.6. The van der Waals surface area contributed by atoms with Gasteiger partial charge in [0, 0.05) is 19.4 Å². The van der Waals surface area contributed by atoms with Crippen molar-refractivity contribution in [3.05, 3.63) is 0 Å². The Kier molecular flexibility index (Phi) is 39.4. The van der Waals surface area contributed by atoms with Crippen LogP contribution in [0.15, 0.2) is 0 Å². The zero-order valence-electron chi connectivity index (χ0n) is 43.8. The number of quaternary nitrogens is 2. The van der Waals surface area contributed by atoms with Crippen molar-refractivity contribution in [1.29, 1.82) is 0 Å². The summed E-state index contributed by atoms with van der Waals surface area (Å²) in [4.78, 5) is 47.1. The number of carboxylic acids is 1. The minimum Gasteiger partial charge on any atom is -0.477 e. The van der Waals surface area contributed by atoms with E-state index in [4.69, 9.17) is 14.2 Å². The zero-order valence-corrected chi connectivity index (χ0v) is 44.7. The lowest BCUT2D eigenvalue weighted by Gasteiger charge is -2.27. The molecule has 4 N–H and O–H groups in total. The molecular formula is C52H107N4O8P+2. The van der Waals surface area contributed by atoms with Gasteiger partial charge in [-0.05, 0) is 37.5 Å². The molecule has 4 atom stereocenters. The number of amides is 2. The maximum Gasteiger partial charge on any atom is 0.472 e. The van der Waals surface area contributed by atoms with Crippen molar-refractivity contribution in [3.63, 3.8) is 0 Å². The van der Waals surface area contributed by atoms with E-state index in [0.29, 0.717) is 28.4 Å². The molecule has 0 radical (unpaired) electrons. The first kappa shape index (κ1) is 63.4. The lowest BCUT2D eigenvalue weighted by atomic mass is 9.79. The Balaban J connectivity index is 4.63. The molecule has 386 valence electrons. The molecule has 0 saturated carbocycles. The standard InChI is InChI=1S/C52H105N4O8P/c1-9-12-14-15-16-17-18-19-22-28-33-39-50(57)53-44-49(46-64-65(61,62)63-43-42-55(4,5)6)54-51(58)40-34-29-24-23-27-32-38-48(36-13-10-2)47(11-3)37-31-26-21-20-25-30-35-41-56(7,8)45-52(59)60/h47-49H,9-46H2,1-8H3,(H2-2,53,54,57,58,59,60,61,62)/p+2. The van der Waals surface area contributed by atoms with Gasteiger partial charge in [0.1, 0.15) is 13.2 Å². The second-order valence-electron chi connectivity index (χ2n) is 21.2. The molecular weight excluding hydrogens is 840 g/mol. The van der Waals surface area contributed by atoms with Gasteiger partial charge in [0.05, 0.1) is 54.4 Å². The number of hydrogen-bond acceptors (Lipinski definition) is 6. The van der Waals surface area contributed by atoms with E-state index in [0.717, 1.165) is 63.3 Å². The first-order chi connectivity index (χ1) is 30.9. The number of carboxylic acid groups (broad SMARTS) is 1. The van der Waals surface area contributed by atoms with Crippen molar-refractivity contribution >= 4 is 25.6 Å². The summed E-state index contributed by atoms with van der Waals surface area (Å²) in [5.74, 6) is 0.684. The third-order valence-corrected chi connectivity index (χ3v) is 14.1. The summed E-state index contributed by atoms with van der Waals surface area (Å²) in [5.41, 5.74) is 0. The smallest absolute Gasteiger partial charge is 0.472 e. The molecule has 2 amide bonds. The molecule has 0 rings (SSSR count). The third kappa shape index (κ3) is 42.3. The first-order valence-electron chi connectivity index (χ1n) is 27.0. The Bertz CT molecular complexity index is 1220. The van der Waals surface area contributed by atoms with Crippen LogP contribution in [0.1, 0.15) is 226 Å². The first-order valence-corrected chi connectivity index (χ1v) is 28.4. The highest BCUT2D eigenvalue weighted by atomic mass is 31.2. The lowest BCUT2D eigenvalue weighted by molar-refractivity contribution is -0.883. The Labute approximate surface area is 400 Å². The van der Waals surface area contributed by atoms with Crippen LogP contribution in [0.2, 0.25) is 0 Å². The third-order valence-electron chi connectivity index (χ3n) is 13.1. The van der Waals surface area contributed by atoms with Gasteiger partial charge in [-0.1, -0.05) is 188 Å². The van der Waals surface area contributed by atoms with Gasteiger partial charge in [-0.3, -0.25) is 18.6 Å². The molecule has 0 aromatic rings. The molecule has 0 aromatic heterocycles. The SMILES string of the molecule is CCCCCCCCCCCCCC(=O)NCC(COP(=O)(O)OCC[N+](C)(C)C)NC(=O)CCCCCCCCC(CCCC)C(CC)CCCCCCCCC[N+](C)(C)CC(=O)O. The summed E-state index contributed by atoms with van der Waals surface area (Å²) in [6, 6.07) is -0.648. The number of carbonyl (C=O) groups is 3. The van der Waals surface area contributed by atoms with Gasteiger partial charge in [0.2, 0.25) is 11.8 Å². The molecule has 0 aliphatic carbocycles. The van der Waals surface area contributed by atoms with E-state index in [2.05, 4.69) is 31.4 Å². The molecule has 65 heavy (non-hydrogen) atoms. The van der Waals surface area contributed by atoms with Crippen molar-refractivity contribution < 1.29 is 47.0 Å². The topological polar surface area (TPSA) is 151 Å². The molecule has 0 bridgehead atoms. The van der Waals surface area contributed by atoms with E-state index in [9.17, 15) is 23.8 Å². The van der Waals surface area contributed by atoms with Crippen LogP contribution < -0.4 is 10.6 Å². The van der Waals surface area contributed by atoms with Crippen LogP contribution in [-0.2, 0) is 28.0 Å². The molecule has 0 heterocycles. The van der Waals surface area contributed by atoms with Gasteiger partial charge in [0.15, 0.2) is 6.54 Å². The minimum absolute atomic E-state index is 0.0603. The number of phosphoric ester groups is 1. The zero-order chi connectivity index (χ0) is 48.7. The van der Waals surface area contributed by atoms with Gasteiger partial charge in [0.25, 0.3) is 0 Å². The molecule has 0 saturated heterocycles. The number of rotatable bonds is 48. The normalized spacial score (nSPS) is 14.5. The number of aliphatic carboxylic acids is 1. The summed E-state index contributed by atoms with van der Waals surface area (Å²) in [5, 5.41) is 15.0. The fourth-order valence-corrected chi connectivity index (χ4v) is 9.66. The summed E-state index contributed by atoms with van der Waals surface area (Å²) < 4.78 is 24.3. The van der Waals surface area contributed by atoms with Crippen molar-refractivity contribution in [2.45, 2.75) is 232 Å². The van der Waals surface area contributed by atoms with Crippen molar-refractivity contribution in [1.82, 2.24) is 10.6 Å². The Morgan fingerprint density at radius 3 is 1.49 bits per heavy atom. The van der Waals surface area contributed by atoms with Gasteiger partial charge in [-0.2, -0.15) is 0 Å². The molecule has 0 spiro atoms. The Hall–Kier alpha value is -1.56. The predicted molar refractivity (Wildman–Crippen MR) is 271 cm³/mol. The van der Waals surface area contributed by atoms with E-state index >= 15 is 0 Å². The number of likely N-dealkylation sites (N-methyl/N-ethyl adjacent to an activating group) is 2. The molecule has 0 fully saturated rings. The van der Waals surface area contributed by atoms with E-state index in [1.165, 1.54) is 148 Å². The maximum absolute atomic E-state index is 13.0. The van der Waals surface area contributed by atoms with Crippen LogP contribution in [0.5, 0.6) is 0 Å². The Morgan fingerprint density at radius 1 is 0.554 bits per heavy atom. The Morgan fingerprint density at radius 2 is 1.00 bits per heavy atom. The van der Waals surface area contributed by atoms with E-state index in [1.54, 1.807) is 0 Å². The van der Waals surface area contributed by atoms with Crippen LogP contribution >= 0.6 is 7.82 Å². The second kappa shape index (κ2) is 40.3. The highest BCUT2D eigenvalue weighted by Crippen LogP contribution is 2.43. The van der Waals surface area contributed by atoms with Crippen LogP contribution in [0, 0.1) is 11.8 Å². The number of unbranched alkanes of at least 4 members (excludes halogenated alkanes) is 22. The van der Waals surface area contributed by atoms with E-state index < -0.39 is 19.8 Å². The van der Waals surface area contributed by atoms with Crippen molar-refractivity contribution in [3.8, 4) is 0 Å². The molecule has 0 aliphatic rings. The van der Waals surface area contributed by atoms with Crippen LogP contribution in [0.3, 0.4) is 0 Å². The van der Waals surface area contributed by atoms with E-state index in [1.807, 2.05) is 35.2 Å². The highest BCUT2D eigenvalue weighted by Gasteiger charge is 2.26. The van der Waals surface area contributed by atoms with Crippen molar-refractivity contribution in [2.24, 2.45) is 11.8 Å². The lowest BCUT2D eigenvalue weighted by Crippen LogP contribution is -2.46. The van der Waals surface area contributed by atoms with E-state index in [-0.39, 0.29) is 38.1 Å². The van der Waals surface area contributed by atoms with Gasteiger partial charge in [-0.25, -0.2) is 9.36 Å². The highest BCUT2D eigenvalue weighted by molar-refractivity contribution is 7.47. The van der Waals surface area contributed by atoms with Crippen LogP contribution in [-0.4, -0.2) is 117 Å². The maximum atomic E-state index is 13.0. The minimum atomic E-state index is -4.33. The van der Waals surface area contributed by atoms with Crippen molar-refractivity contribution in [2.75, 3.05) is 74.6 Å². The summed E-state index contributed by atoms with van der Waals surface area (Å²) in [7, 11) is 5.59. The summed E-state index contributed by atoms with van der Waals surface area (Å²) >= 11 is 0. The molecule has 12 nitrogen and oxygen atoms in total. The number of nitrogens with zero attached hydrogens (tertiary/aromatic N) is 2. The number of carbonyl (C=O) groups excluding carboxylic acids is 2. The molecule has 4 unspecified atom stereocenters. The fourth-order valence-electron chi connectivity index (χ4n) is 8.91. The monoisotopic (exact) mass is 947 g/mol. The average Bonchev–Trinajstić information content (AvgIpc) is 3.22. The predicted octanol–water partition coefficient (Wildman–Crippen LogP) is 12.4. The fraction of sp³-hybridized carbons (Fsp3) is 0.942. The van der Waals surface area contributed by atoms with Crippen LogP contribution in [0.25, 0.3) is 0 Å². The number of phosphoric acid groups is 1. The molecule has 13 heteroatoms. The summed E-state index contributed by atoms with van der Waals surface area (Å²) in [6.45, 7) is 8.53. The number of hydrogen-bond donors (Lipinski definition) is 4. The van der Waals surface area contributed by atoms with Gasteiger partial charge < -0.3 is 29.6 Å². The average molecular weight is 947 g/mol. The molecule has 0 aromatic carbocycles. The summed E-state index contributed by atoms with van der Waals surface area (Å²) in [6.07, 6.45) is 37.3. The van der Waals surface area contributed by atoms with Gasteiger partial charge in [-0.15, -0.1) is 0 Å². The van der Waals surface area contributed by atoms with Crippen LogP contribution in [0.4, 0.5) is 0 Å². The largest absolute Gasteiger partial charge is 0.477 e.